The number of carbonyl (C=O) groups is 1. The lowest BCUT2D eigenvalue weighted by Crippen LogP contribution is -2.37. The Kier molecular flexibility index (Phi) is 10.6. The molecular formula is C16H33NO7P2. The predicted octanol–water partition coefficient (Wildman–Crippen LogP) is 4.25. The monoisotopic (exact) mass is 413 g/mol. The first-order valence-electron chi connectivity index (χ1n) is 9.42. The average molecular weight is 413 g/mol. The number of likely N-dealkylation sites (tertiary alicyclic amines) is 1. The van der Waals surface area contributed by atoms with E-state index in [0.717, 1.165) is 19.3 Å². The molecule has 0 aromatic heterocycles. The summed E-state index contributed by atoms with van der Waals surface area (Å²) in [5.74, 6) is -0.228. The fourth-order valence-electron chi connectivity index (χ4n) is 2.96. The second-order valence-electron chi connectivity index (χ2n) is 5.88. The van der Waals surface area contributed by atoms with Crippen LogP contribution in [0.3, 0.4) is 0 Å². The van der Waals surface area contributed by atoms with Gasteiger partial charge in [-0.2, -0.15) is 0 Å². The van der Waals surface area contributed by atoms with Gasteiger partial charge in [-0.1, -0.05) is 0 Å². The van der Waals surface area contributed by atoms with Crippen LogP contribution in [0, 0.1) is 0 Å². The third-order valence-electron chi connectivity index (χ3n) is 4.03. The highest BCUT2D eigenvalue weighted by atomic mass is 31.2. The minimum absolute atomic E-state index is 0.101. The van der Waals surface area contributed by atoms with Gasteiger partial charge in [-0.3, -0.25) is 13.9 Å². The molecule has 1 aliphatic heterocycles. The van der Waals surface area contributed by atoms with Gasteiger partial charge in [-0.25, -0.2) is 0 Å². The van der Waals surface area contributed by atoms with Gasteiger partial charge in [-0.15, -0.1) is 0 Å². The van der Waals surface area contributed by atoms with E-state index in [4.69, 9.17) is 18.1 Å². The van der Waals surface area contributed by atoms with Crippen LogP contribution in [0.15, 0.2) is 0 Å². The molecule has 0 N–H and O–H groups in total. The lowest BCUT2D eigenvalue weighted by molar-refractivity contribution is -0.132. The van der Waals surface area contributed by atoms with E-state index >= 15 is 0 Å². The van der Waals surface area contributed by atoms with E-state index < -0.39 is 20.6 Å². The van der Waals surface area contributed by atoms with Gasteiger partial charge < -0.3 is 23.0 Å². The van der Waals surface area contributed by atoms with Gasteiger partial charge in [-0.05, 0) is 47.0 Å². The van der Waals surface area contributed by atoms with Gasteiger partial charge in [0.15, 0.2) is 5.40 Å². The zero-order valence-electron chi connectivity index (χ0n) is 16.3. The van der Waals surface area contributed by atoms with Crippen molar-refractivity contribution in [3.63, 3.8) is 0 Å². The Labute approximate surface area is 157 Å². The molecular weight excluding hydrogens is 380 g/mol. The third kappa shape index (κ3) is 6.43. The summed E-state index contributed by atoms with van der Waals surface area (Å²) in [5.41, 5.74) is 0. The lowest BCUT2D eigenvalue weighted by atomic mass is 10.1. The lowest BCUT2D eigenvalue weighted by Gasteiger charge is -2.33. The first-order chi connectivity index (χ1) is 12.4. The second kappa shape index (κ2) is 11.6. The summed E-state index contributed by atoms with van der Waals surface area (Å²) in [6.07, 6.45) is 2.69. The van der Waals surface area contributed by atoms with E-state index in [9.17, 15) is 13.9 Å². The molecule has 0 aliphatic carbocycles. The van der Waals surface area contributed by atoms with Crippen molar-refractivity contribution in [1.82, 2.24) is 4.90 Å². The van der Waals surface area contributed by atoms with Crippen molar-refractivity contribution in [1.29, 1.82) is 0 Å². The van der Waals surface area contributed by atoms with Crippen LogP contribution in [0.25, 0.3) is 0 Å². The van der Waals surface area contributed by atoms with Crippen molar-refractivity contribution in [2.45, 2.75) is 58.8 Å². The second-order valence-corrected chi connectivity index (χ2v) is 10.7. The van der Waals surface area contributed by atoms with Crippen molar-refractivity contribution < 1.29 is 32.0 Å². The van der Waals surface area contributed by atoms with Crippen LogP contribution in [0.5, 0.6) is 0 Å². The SMILES string of the molecule is CCOP(=O)(OCC)C(CC(=O)N1CCCCC1)P(=O)(OCC)OCC. The molecule has 0 aromatic carbocycles. The normalized spacial score (nSPS) is 16.3. The van der Waals surface area contributed by atoms with Crippen molar-refractivity contribution in [2.24, 2.45) is 0 Å². The summed E-state index contributed by atoms with van der Waals surface area (Å²) in [6.45, 7) is 8.37. The molecule has 0 spiro atoms. The Balaban J connectivity index is 3.19. The molecule has 0 bridgehead atoms. The van der Waals surface area contributed by atoms with Gasteiger partial charge in [0, 0.05) is 13.1 Å². The third-order valence-corrected chi connectivity index (χ3v) is 10.0. The predicted molar refractivity (Wildman–Crippen MR) is 101 cm³/mol. The molecule has 26 heavy (non-hydrogen) atoms. The zero-order chi connectivity index (χ0) is 19.6. The van der Waals surface area contributed by atoms with Gasteiger partial charge in [0.1, 0.15) is 0 Å². The van der Waals surface area contributed by atoms with Crippen LogP contribution in [-0.4, -0.2) is 55.7 Å². The summed E-state index contributed by atoms with van der Waals surface area (Å²) in [6, 6.07) is 0. The number of hydrogen-bond acceptors (Lipinski definition) is 7. The average Bonchev–Trinajstić information content (AvgIpc) is 2.61. The van der Waals surface area contributed by atoms with E-state index in [-0.39, 0.29) is 38.8 Å². The van der Waals surface area contributed by atoms with Gasteiger partial charge in [0.25, 0.3) is 0 Å². The summed E-state index contributed by atoms with van der Waals surface area (Å²) < 4.78 is 48.3. The number of nitrogens with zero attached hydrogens (tertiary/aromatic N) is 1. The smallest absolute Gasteiger partial charge is 0.343 e. The Hall–Kier alpha value is -0.230. The maximum atomic E-state index is 13.4. The van der Waals surface area contributed by atoms with Crippen LogP contribution in [0.4, 0.5) is 0 Å². The molecule has 0 unspecified atom stereocenters. The van der Waals surface area contributed by atoms with Crippen LogP contribution >= 0.6 is 15.2 Å². The van der Waals surface area contributed by atoms with E-state index in [1.54, 1.807) is 32.6 Å². The van der Waals surface area contributed by atoms with E-state index in [0.29, 0.717) is 13.1 Å². The minimum atomic E-state index is -3.88. The van der Waals surface area contributed by atoms with E-state index in [1.165, 1.54) is 0 Å². The highest BCUT2D eigenvalue weighted by Gasteiger charge is 2.52. The molecule has 0 atom stereocenters. The quantitative estimate of drug-likeness (QED) is 0.442. The fourth-order valence-corrected chi connectivity index (χ4v) is 8.19. The summed E-state index contributed by atoms with van der Waals surface area (Å²) in [7, 11) is -7.75. The zero-order valence-corrected chi connectivity index (χ0v) is 18.1. The Morgan fingerprint density at radius 2 is 1.19 bits per heavy atom. The molecule has 1 heterocycles. The highest BCUT2D eigenvalue weighted by Crippen LogP contribution is 2.71. The summed E-state index contributed by atoms with van der Waals surface area (Å²) >= 11 is 0. The number of hydrogen-bond donors (Lipinski definition) is 0. The molecule has 1 fully saturated rings. The fraction of sp³-hybridized carbons (Fsp3) is 0.938. The molecule has 1 amide bonds. The van der Waals surface area contributed by atoms with Crippen LogP contribution in [-0.2, 0) is 32.0 Å². The Bertz CT molecular complexity index is 473. The maximum absolute atomic E-state index is 13.4. The standard InChI is InChI=1S/C16H33NO7P2/c1-5-21-25(19,22-6-2)16(26(20,23-7-3)24-8-4)14-15(18)17-12-10-9-11-13-17/h16H,5-14H2,1-4H3. The largest absolute Gasteiger partial charge is 0.346 e. The molecule has 1 aliphatic rings. The number of amides is 1. The first-order valence-corrected chi connectivity index (χ1v) is 12.6. The summed E-state index contributed by atoms with van der Waals surface area (Å²) in [4.78, 5) is 14.5. The number of rotatable bonds is 12. The highest BCUT2D eigenvalue weighted by molar-refractivity contribution is 7.72. The van der Waals surface area contributed by atoms with Gasteiger partial charge in [0.05, 0.1) is 32.8 Å². The summed E-state index contributed by atoms with van der Waals surface area (Å²) in [5, 5.41) is -1.27. The molecule has 154 valence electrons. The minimum Gasteiger partial charge on any atom is -0.343 e. The van der Waals surface area contributed by atoms with Crippen molar-refractivity contribution in [3.05, 3.63) is 0 Å². The van der Waals surface area contributed by atoms with Gasteiger partial charge in [0.2, 0.25) is 5.91 Å². The Morgan fingerprint density at radius 1 is 0.808 bits per heavy atom. The van der Waals surface area contributed by atoms with Crippen molar-refractivity contribution >= 4 is 21.1 Å². The van der Waals surface area contributed by atoms with Crippen LogP contribution in [0.2, 0.25) is 0 Å². The Morgan fingerprint density at radius 3 is 1.54 bits per heavy atom. The molecule has 8 nitrogen and oxygen atoms in total. The molecule has 0 saturated carbocycles. The van der Waals surface area contributed by atoms with Crippen LogP contribution in [0.1, 0.15) is 53.4 Å². The topological polar surface area (TPSA) is 91.4 Å². The number of carbonyl (C=O) groups excluding carboxylic acids is 1. The van der Waals surface area contributed by atoms with Crippen molar-refractivity contribution in [2.75, 3.05) is 39.5 Å². The molecule has 0 aromatic rings. The molecule has 1 saturated heterocycles. The van der Waals surface area contributed by atoms with E-state index in [1.807, 2.05) is 0 Å². The van der Waals surface area contributed by atoms with E-state index in [2.05, 4.69) is 0 Å². The molecule has 10 heteroatoms. The maximum Gasteiger partial charge on any atom is 0.346 e. The molecule has 0 radical (unpaired) electrons. The first kappa shape index (κ1) is 23.8. The van der Waals surface area contributed by atoms with Gasteiger partial charge >= 0.3 is 15.2 Å². The van der Waals surface area contributed by atoms with Crippen LogP contribution < -0.4 is 0 Å². The number of piperidine rings is 1. The molecule has 1 rings (SSSR count). The van der Waals surface area contributed by atoms with Crippen molar-refractivity contribution in [3.8, 4) is 0 Å².